The topological polar surface area (TPSA) is 48.4 Å². The number of ether oxygens (including phenoxy) is 2. The predicted octanol–water partition coefficient (Wildman–Crippen LogP) is 4.13. The standard InChI is InChI=1S/C13H10F3NO3S/c1-2-19-12(18)10-11(17-7-21-10)20-9-5-3-4-8(6-9)13(14,15)16/h3-7H,2H2,1H3. The lowest BCUT2D eigenvalue weighted by atomic mass is 10.2. The average Bonchev–Trinajstić information content (AvgIpc) is 2.86. The molecule has 21 heavy (non-hydrogen) atoms. The van der Waals surface area contributed by atoms with Crippen LogP contribution >= 0.6 is 11.3 Å². The van der Waals surface area contributed by atoms with E-state index in [-0.39, 0.29) is 23.1 Å². The number of carbonyl (C=O) groups excluding carboxylic acids is 1. The molecule has 1 aromatic heterocycles. The molecule has 0 unspecified atom stereocenters. The molecule has 0 amide bonds. The van der Waals surface area contributed by atoms with Crippen molar-refractivity contribution in [2.24, 2.45) is 0 Å². The molecule has 0 N–H and O–H groups in total. The van der Waals surface area contributed by atoms with Gasteiger partial charge in [0.25, 0.3) is 0 Å². The molecule has 0 aliphatic carbocycles. The van der Waals surface area contributed by atoms with Crippen molar-refractivity contribution >= 4 is 17.3 Å². The van der Waals surface area contributed by atoms with E-state index in [2.05, 4.69) is 4.98 Å². The molecule has 4 nitrogen and oxygen atoms in total. The fourth-order valence-corrected chi connectivity index (χ4v) is 2.09. The number of thiazole rings is 1. The van der Waals surface area contributed by atoms with E-state index >= 15 is 0 Å². The molecule has 0 aliphatic rings. The molecule has 0 fully saturated rings. The number of hydrogen-bond acceptors (Lipinski definition) is 5. The first-order chi connectivity index (χ1) is 9.91. The van der Waals surface area contributed by atoms with Crippen LogP contribution in [0.4, 0.5) is 13.2 Å². The molecule has 2 aromatic rings. The molecular formula is C13H10F3NO3S. The van der Waals surface area contributed by atoms with Crippen LogP contribution in [-0.2, 0) is 10.9 Å². The molecule has 1 aromatic carbocycles. The third-order valence-corrected chi connectivity index (χ3v) is 3.16. The minimum atomic E-state index is -4.47. The largest absolute Gasteiger partial charge is 0.462 e. The predicted molar refractivity (Wildman–Crippen MR) is 69.6 cm³/mol. The van der Waals surface area contributed by atoms with Crippen molar-refractivity contribution < 1.29 is 27.4 Å². The zero-order valence-corrected chi connectivity index (χ0v) is 11.6. The summed E-state index contributed by atoms with van der Waals surface area (Å²) in [4.78, 5) is 15.6. The summed E-state index contributed by atoms with van der Waals surface area (Å²) in [5, 5.41) is 0. The second-order valence-corrected chi connectivity index (χ2v) is 4.69. The van der Waals surface area contributed by atoms with Crippen molar-refractivity contribution in [2.75, 3.05) is 6.61 Å². The van der Waals surface area contributed by atoms with Gasteiger partial charge < -0.3 is 9.47 Å². The summed E-state index contributed by atoms with van der Waals surface area (Å²) in [6.07, 6.45) is -4.47. The van der Waals surface area contributed by atoms with Crippen molar-refractivity contribution in [3.05, 3.63) is 40.2 Å². The minimum absolute atomic E-state index is 0.0544. The Morgan fingerprint density at radius 3 is 2.81 bits per heavy atom. The van der Waals surface area contributed by atoms with Gasteiger partial charge in [-0.05, 0) is 25.1 Å². The zero-order chi connectivity index (χ0) is 15.5. The van der Waals surface area contributed by atoms with Crippen LogP contribution in [0, 0.1) is 0 Å². The number of carbonyl (C=O) groups is 1. The number of alkyl halides is 3. The molecule has 112 valence electrons. The lowest BCUT2D eigenvalue weighted by Gasteiger charge is -2.09. The highest BCUT2D eigenvalue weighted by molar-refractivity contribution is 7.12. The monoisotopic (exact) mass is 317 g/mol. The van der Waals surface area contributed by atoms with Gasteiger partial charge in [0.1, 0.15) is 5.75 Å². The fraction of sp³-hybridized carbons (Fsp3) is 0.231. The van der Waals surface area contributed by atoms with E-state index in [4.69, 9.17) is 9.47 Å². The Balaban J connectivity index is 2.23. The summed E-state index contributed by atoms with van der Waals surface area (Å²) in [7, 11) is 0. The summed E-state index contributed by atoms with van der Waals surface area (Å²) in [5.74, 6) is -0.749. The third kappa shape index (κ3) is 3.72. The summed E-state index contributed by atoms with van der Waals surface area (Å²) in [6, 6.07) is 4.34. The summed E-state index contributed by atoms with van der Waals surface area (Å²) >= 11 is 0.994. The van der Waals surface area contributed by atoms with E-state index in [1.807, 2.05) is 0 Å². The maximum absolute atomic E-state index is 12.6. The van der Waals surface area contributed by atoms with Crippen LogP contribution in [-0.4, -0.2) is 17.6 Å². The van der Waals surface area contributed by atoms with Crippen molar-refractivity contribution in [2.45, 2.75) is 13.1 Å². The first kappa shape index (κ1) is 15.3. The number of halogens is 3. The van der Waals surface area contributed by atoms with Gasteiger partial charge in [-0.25, -0.2) is 9.78 Å². The third-order valence-electron chi connectivity index (χ3n) is 2.37. The Morgan fingerprint density at radius 2 is 2.14 bits per heavy atom. The molecule has 0 radical (unpaired) electrons. The van der Waals surface area contributed by atoms with E-state index in [0.29, 0.717) is 0 Å². The van der Waals surface area contributed by atoms with Crippen LogP contribution in [0.25, 0.3) is 0 Å². The minimum Gasteiger partial charge on any atom is -0.462 e. The van der Waals surface area contributed by atoms with Crippen molar-refractivity contribution in [1.29, 1.82) is 0 Å². The van der Waals surface area contributed by atoms with Crippen LogP contribution in [0.15, 0.2) is 29.8 Å². The lowest BCUT2D eigenvalue weighted by molar-refractivity contribution is -0.137. The van der Waals surface area contributed by atoms with E-state index in [9.17, 15) is 18.0 Å². The molecule has 0 bridgehead atoms. The highest BCUT2D eigenvalue weighted by atomic mass is 32.1. The Morgan fingerprint density at radius 1 is 1.38 bits per heavy atom. The highest BCUT2D eigenvalue weighted by Gasteiger charge is 2.30. The number of esters is 1. The molecule has 0 aliphatic heterocycles. The SMILES string of the molecule is CCOC(=O)c1scnc1Oc1cccc(C(F)(F)F)c1. The quantitative estimate of drug-likeness (QED) is 0.796. The highest BCUT2D eigenvalue weighted by Crippen LogP contribution is 2.33. The van der Waals surface area contributed by atoms with Gasteiger partial charge in [0.15, 0.2) is 4.88 Å². The number of aromatic nitrogens is 1. The van der Waals surface area contributed by atoms with E-state index < -0.39 is 17.7 Å². The van der Waals surface area contributed by atoms with E-state index in [1.165, 1.54) is 17.6 Å². The Labute approximate surface area is 122 Å². The Kier molecular flexibility index (Phi) is 4.46. The molecule has 0 saturated heterocycles. The summed E-state index contributed by atoms with van der Waals surface area (Å²) < 4.78 is 47.9. The molecule has 0 atom stereocenters. The second kappa shape index (κ2) is 6.13. The molecule has 0 saturated carbocycles. The zero-order valence-electron chi connectivity index (χ0n) is 10.8. The molecule has 1 heterocycles. The van der Waals surface area contributed by atoms with Crippen molar-refractivity contribution in [1.82, 2.24) is 4.98 Å². The summed E-state index contributed by atoms with van der Waals surface area (Å²) in [5.41, 5.74) is 0.516. The maximum atomic E-state index is 12.6. The van der Waals surface area contributed by atoms with Gasteiger partial charge in [-0.15, -0.1) is 11.3 Å². The normalized spacial score (nSPS) is 11.2. The molecular weight excluding hydrogens is 307 g/mol. The number of benzene rings is 1. The summed E-state index contributed by atoms with van der Waals surface area (Å²) in [6.45, 7) is 1.83. The lowest BCUT2D eigenvalue weighted by Crippen LogP contribution is -2.06. The van der Waals surface area contributed by atoms with Crippen LogP contribution < -0.4 is 4.74 Å². The molecule has 0 spiro atoms. The molecule has 2 rings (SSSR count). The van der Waals surface area contributed by atoms with Gasteiger partial charge in [0.2, 0.25) is 5.88 Å². The number of rotatable bonds is 4. The van der Waals surface area contributed by atoms with Gasteiger partial charge in [-0.3, -0.25) is 0 Å². The number of hydrogen-bond donors (Lipinski definition) is 0. The van der Waals surface area contributed by atoms with Crippen LogP contribution in [0.5, 0.6) is 11.6 Å². The first-order valence-corrected chi connectivity index (χ1v) is 6.75. The fourth-order valence-electron chi connectivity index (χ4n) is 1.49. The van der Waals surface area contributed by atoms with Gasteiger partial charge >= 0.3 is 12.1 Å². The second-order valence-electron chi connectivity index (χ2n) is 3.83. The smallest absolute Gasteiger partial charge is 0.416 e. The van der Waals surface area contributed by atoms with Crippen LogP contribution in [0.3, 0.4) is 0 Å². The van der Waals surface area contributed by atoms with Crippen LogP contribution in [0.1, 0.15) is 22.2 Å². The van der Waals surface area contributed by atoms with Gasteiger partial charge in [-0.2, -0.15) is 13.2 Å². The van der Waals surface area contributed by atoms with Gasteiger partial charge in [0.05, 0.1) is 17.7 Å². The average molecular weight is 317 g/mol. The van der Waals surface area contributed by atoms with Gasteiger partial charge in [-0.1, -0.05) is 6.07 Å². The Bertz CT molecular complexity index is 640. The van der Waals surface area contributed by atoms with Crippen molar-refractivity contribution in [3.8, 4) is 11.6 Å². The van der Waals surface area contributed by atoms with Crippen molar-refractivity contribution in [3.63, 3.8) is 0 Å². The number of nitrogens with zero attached hydrogens (tertiary/aromatic N) is 1. The first-order valence-electron chi connectivity index (χ1n) is 5.87. The Hall–Kier alpha value is -2.09. The van der Waals surface area contributed by atoms with E-state index in [0.717, 1.165) is 23.5 Å². The van der Waals surface area contributed by atoms with Crippen LogP contribution in [0.2, 0.25) is 0 Å². The maximum Gasteiger partial charge on any atom is 0.416 e. The molecule has 8 heteroatoms. The van der Waals surface area contributed by atoms with E-state index in [1.54, 1.807) is 6.92 Å². The van der Waals surface area contributed by atoms with Gasteiger partial charge in [0, 0.05) is 0 Å².